The molecule has 37 heavy (non-hydrogen) atoms. The number of nitrogens with one attached hydrogen (secondary N) is 1. The maximum atomic E-state index is 13.1. The Balaban J connectivity index is 1.49. The van der Waals surface area contributed by atoms with Gasteiger partial charge in [0.2, 0.25) is 5.88 Å². The van der Waals surface area contributed by atoms with Gasteiger partial charge in [0.05, 0.1) is 0 Å². The van der Waals surface area contributed by atoms with Crippen LogP contribution >= 0.6 is 0 Å². The van der Waals surface area contributed by atoms with Gasteiger partial charge in [-0.1, -0.05) is 48.5 Å². The van der Waals surface area contributed by atoms with Gasteiger partial charge in [0, 0.05) is 57.1 Å². The number of hydrogen-bond donors (Lipinski definition) is 1. The van der Waals surface area contributed by atoms with Gasteiger partial charge in [0.25, 0.3) is 5.91 Å². The number of ether oxygens (including phenoxy) is 1. The molecule has 2 aromatic heterocycles. The van der Waals surface area contributed by atoms with Gasteiger partial charge in [-0.05, 0) is 44.2 Å². The van der Waals surface area contributed by atoms with E-state index in [4.69, 9.17) is 9.72 Å². The highest BCUT2D eigenvalue weighted by molar-refractivity contribution is 6.04. The van der Waals surface area contributed by atoms with E-state index in [0.29, 0.717) is 28.8 Å². The Morgan fingerprint density at radius 1 is 1.03 bits per heavy atom. The molecule has 0 aliphatic heterocycles. The van der Waals surface area contributed by atoms with E-state index in [2.05, 4.69) is 58.5 Å². The third-order valence-electron chi connectivity index (χ3n) is 6.22. The predicted molar refractivity (Wildman–Crippen MR) is 147 cm³/mol. The minimum Gasteiger partial charge on any atom is -0.439 e. The van der Waals surface area contributed by atoms with Gasteiger partial charge in [-0.3, -0.25) is 9.48 Å². The monoisotopic (exact) mass is 498 g/mol. The first-order valence-corrected chi connectivity index (χ1v) is 12.4. The fourth-order valence-corrected chi connectivity index (χ4v) is 3.94. The number of carbonyl (C=O) groups is 1. The minimum absolute atomic E-state index is 0.185. The van der Waals surface area contributed by atoms with Crippen LogP contribution in [0, 0.1) is 0 Å². The average molecular weight is 499 g/mol. The van der Waals surface area contributed by atoms with Crippen LogP contribution in [0.2, 0.25) is 0 Å². The summed E-state index contributed by atoms with van der Waals surface area (Å²) in [7, 11) is 5.93. The van der Waals surface area contributed by atoms with Crippen LogP contribution < -0.4 is 15.0 Å². The van der Waals surface area contributed by atoms with Crippen molar-refractivity contribution in [2.45, 2.75) is 25.9 Å². The van der Waals surface area contributed by atoms with Crippen molar-refractivity contribution in [1.82, 2.24) is 19.7 Å². The third-order valence-corrected chi connectivity index (χ3v) is 6.22. The number of amides is 1. The SMILES string of the molecule is CC(CCN(C)Cc1ccccc1)N(C)c1cc(C(=O)Nc2ccn(C)n2)cc(Oc2ccccc2)n1. The van der Waals surface area contributed by atoms with Crippen LogP contribution in [0.25, 0.3) is 0 Å². The van der Waals surface area contributed by atoms with Crippen LogP contribution in [0.15, 0.2) is 85.1 Å². The Hall–Kier alpha value is -4.17. The van der Waals surface area contributed by atoms with E-state index in [9.17, 15) is 4.79 Å². The summed E-state index contributed by atoms with van der Waals surface area (Å²) < 4.78 is 7.65. The highest BCUT2D eigenvalue weighted by atomic mass is 16.5. The number of aryl methyl sites for hydroxylation is 1. The number of rotatable bonds is 11. The number of carbonyl (C=O) groups excluding carboxylic acids is 1. The molecule has 1 N–H and O–H groups in total. The Bertz CT molecular complexity index is 1290. The summed E-state index contributed by atoms with van der Waals surface area (Å²) in [4.78, 5) is 22.2. The molecule has 1 atom stereocenters. The predicted octanol–water partition coefficient (Wildman–Crippen LogP) is 5.21. The van der Waals surface area contributed by atoms with Crippen molar-refractivity contribution in [2.24, 2.45) is 7.05 Å². The molecule has 2 aromatic carbocycles. The molecule has 8 nitrogen and oxygen atoms in total. The molecule has 1 unspecified atom stereocenters. The van der Waals surface area contributed by atoms with Crippen molar-refractivity contribution in [2.75, 3.05) is 30.9 Å². The molecule has 0 saturated heterocycles. The molecule has 0 aliphatic rings. The molecule has 8 heteroatoms. The summed E-state index contributed by atoms with van der Waals surface area (Å²) in [6.07, 6.45) is 2.71. The van der Waals surface area contributed by atoms with Crippen molar-refractivity contribution >= 4 is 17.5 Å². The van der Waals surface area contributed by atoms with Crippen LogP contribution in [0.5, 0.6) is 11.6 Å². The lowest BCUT2D eigenvalue weighted by molar-refractivity contribution is 0.102. The highest BCUT2D eigenvalue weighted by Gasteiger charge is 2.18. The summed E-state index contributed by atoms with van der Waals surface area (Å²) in [5, 5.41) is 7.09. The third kappa shape index (κ3) is 7.41. The molecule has 0 bridgehead atoms. The van der Waals surface area contributed by atoms with Gasteiger partial charge >= 0.3 is 0 Å². The number of anilines is 2. The van der Waals surface area contributed by atoms with Gasteiger partial charge in [-0.15, -0.1) is 0 Å². The van der Waals surface area contributed by atoms with E-state index >= 15 is 0 Å². The number of benzene rings is 2. The minimum atomic E-state index is -0.274. The number of aromatic nitrogens is 3. The topological polar surface area (TPSA) is 75.5 Å². The maximum Gasteiger partial charge on any atom is 0.257 e. The van der Waals surface area contributed by atoms with E-state index in [1.54, 1.807) is 36.1 Å². The lowest BCUT2D eigenvalue weighted by atomic mass is 10.1. The quantitative estimate of drug-likeness (QED) is 0.306. The molecule has 4 rings (SSSR count). The number of pyridine rings is 1. The first-order valence-electron chi connectivity index (χ1n) is 12.4. The second-order valence-electron chi connectivity index (χ2n) is 9.27. The van der Waals surface area contributed by atoms with Crippen LogP contribution in [-0.2, 0) is 13.6 Å². The van der Waals surface area contributed by atoms with Gasteiger partial charge < -0.3 is 19.9 Å². The maximum absolute atomic E-state index is 13.1. The largest absolute Gasteiger partial charge is 0.439 e. The van der Waals surface area contributed by atoms with Gasteiger partial charge in [-0.2, -0.15) is 10.1 Å². The molecule has 0 fully saturated rings. The molecule has 0 spiro atoms. The van der Waals surface area contributed by atoms with Gasteiger partial charge in [0.15, 0.2) is 5.82 Å². The van der Waals surface area contributed by atoms with Crippen LogP contribution in [0.4, 0.5) is 11.6 Å². The van der Waals surface area contributed by atoms with Gasteiger partial charge in [-0.25, -0.2) is 0 Å². The van der Waals surface area contributed by atoms with E-state index in [-0.39, 0.29) is 11.9 Å². The van der Waals surface area contributed by atoms with E-state index in [0.717, 1.165) is 19.5 Å². The molecule has 4 aromatic rings. The lowest BCUT2D eigenvalue weighted by Gasteiger charge is -2.28. The summed E-state index contributed by atoms with van der Waals surface area (Å²) in [6, 6.07) is 25.3. The standard InChI is InChI=1S/C29H34N6O2/c1-22(15-17-33(2)21-23-11-7-5-8-12-23)35(4)27-19-24(29(36)30-26-16-18-34(3)32-26)20-28(31-27)37-25-13-9-6-10-14-25/h5-14,16,18-20,22H,15,17,21H2,1-4H3,(H,30,32,36). The van der Waals surface area contributed by atoms with Crippen molar-refractivity contribution in [3.05, 3.63) is 96.2 Å². The van der Waals surface area contributed by atoms with Crippen molar-refractivity contribution in [1.29, 1.82) is 0 Å². The fourth-order valence-electron chi connectivity index (χ4n) is 3.94. The molecule has 192 valence electrons. The summed E-state index contributed by atoms with van der Waals surface area (Å²) >= 11 is 0. The Kier molecular flexibility index (Phi) is 8.53. The number of hydrogen-bond acceptors (Lipinski definition) is 6. The van der Waals surface area contributed by atoms with Crippen LogP contribution in [0.1, 0.15) is 29.3 Å². The Morgan fingerprint density at radius 3 is 2.41 bits per heavy atom. The molecule has 0 radical (unpaired) electrons. The Morgan fingerprint density at radius 2 is 1.73 bits per heavy atom. The van der Waals surface area contributed by atoms with E-state index in [1.165, 1.54) is 5.56 Å². The smallest absolute Gasteiger partial charge is 0.257 e. The zero-order valence-electron chi connectivity index (χ0n) is 21.8. The average Bonchev–Trinajstić information content (AvgIpc) is 3.32. The van der Waals surface area contributed by atoms with Crippen LogP contribution in [0.3, 0.4) is 0 Å². The number of nitrogens with zero attached hydrogens (tertiary/aromatic N) is 5. The first kappa shape index (κ1) is 25.9. The van der Waals surface area contributed by atoms with Crippen molar-refractivity contribution < 1.29 is 9.53 Å². The second kappa shape index (κ2) is 12.2. The normalized spacial score (nSPS) is 11.8. The van der Waals surface area contributed by atoms with E-state index in [1.807, 2.05) is 43.4 Å². The first-order chi connectivity index (χ1) is 17.9. The second-order valence-corrected chi connectivity index (χ2v) is 9.27. The Labute approximate surface area is 218 Å². The molecular formula is C29H34N6O2. The fraction of sp³-hybridized carbons (Fsp3) is 0.276. The molecule has 2 heterocycles. The zero-order valence-corrected chi connectivity index (χ0v) is 21.8. The summed E-state index contributed by atoms with van der Waals surface area (Å²) in [5.41, 5.74) is 1.74. The lowest BCUT2D eigenvalue weighted by Crippen LogP contribution is -2.33. The molecule has 0 saturated carbocycles. The van der Waals surface area contributed by atoms with Crippen molar-refractivity contribution in [3.63, 3.8) is 0 Å². The highest BCUT2D eigenvalue weighted by Crippen LogP contribution is 2.26. The molecule has 1 amide bonds. The van der Waals surface area contributed by atoms with Gasteiger partial charge in [0.1, 0.15) is 11.6 Å². The summed E-state index contributed by atoms with van der Waals surface area (Å²) in [5.74, 6) is 1.89. The van der Waals surface area contributed by atoms with Crippen molar-refractivity contribution in [3.8, 4) is 11.6 Å². The number of para-hydroxylation sites is 1. The molecular weight excluding hydrogens is 464 g/mol. The summed E-state index contributed by atoms with van der Waals surface area (Å²) in [6.45, 7) is 3.98. The van der Waals surface area contributed by atoms with E-state index < -0.39 is 0 Å². The zero-order chi connectivity index (χ0) is 26.2. The van der Waals surface area contributed by atoms with Crippen LogP contribution in [-0.4, -0.2) is 52.3 Å². The molecule has 0 aliphatic carbocycles.